The fourth-order valence-corrected chi connectivity index (χ4v) is 1.67. The molecule has 0 aliphatic carbocycles. The zero-order chi connectivity index (χ0) is 15.2. The number of benzene rings is 1. The van der Waals surface area contributed by atoms with Gasteiger partial charge in [-0.25, -0.2) is 9.67 Å². The maximum atomic E-state index is 12.0. The molecule has 0 aliphatic heterocycles. The van der Waals surface area contributed by atoms with Crippen molar-refractivity contribution in [2.45, 2.75) is 6.54 Å². The predicted molar refractivity (Wildman–Crippen MR) is 72.9 cm³/mol. The Morgan fingerprint density at radius 1 is 1.43 bits per heavy atom. The Balaban J connectivity index is 2.10. The molecule has 21 heavy (non-hydrogen) atoms. The second-order valence-electron chi connectivity index (χ2n) is 3.99. The zero-order valence-corrected chi connectivity index (χ0v) is 11.5. The van der Waals surface area contributed by atoms with Gasteiger partial charge < -0.3 is 14.8 Å². The van der Waals surface area contributed by atoms with E-state index in [9.17, 15) is 4.79 Å². The molecule has 0 saturated heterocycles. The Morgan fingerprint density at radius 2 is 2.24 bits per heavy atom. The first-order valence-electron chi connectivity index (χ1n) is 5.97. The van der Waals surface area contributed by atoms with E-state index in [1.807, 2.05) is 0 Å². The van der Waals surface area contributed by atoms with Crippen molar-refractivity contribution in [1.82, 2.24) is 14.8 Å². The lowest BCUT2D eigenvalue weighted by atomic mass is 10.2. The van der Waals surface area contributed by atoms with Crippen LogP contribution >= 0.6 is 0 Å². The van der Waals surface area contributed by atoms with E-state index in [1.54, 1.807) is 24.3 Å². The smallest absolute Gasteiger partial charge is 0.252 e. The number of rotatable bonds is 5. The van der Waals surface area contributed by atoms with Crippen LogP contribution in [0.1, 0.15) is 5.82 Å². The number of amides is 1. The Hall–Kier alpha value is -3.08. The van der Waals surface area contributed by atoms with Gasteiger partial charge in [0.1, 0.15) is 30.4 Å². The molecular formula is C13H13N5O3. The molecule has 1 aromatic heterocycles. The molecule has 1 aromatic carbocycles. The van der Waals surface area contributed by atoms with Crippen molar-refractivity contribution in [2.75, 3.05) is 19.5 Å². The van der Waals surface area contributed by atoms with Crippen molar-refractivity contribution < 1.29 is 14.3 Å². The van der Waals surface area contributed by atoms with E-state index < -0.39 is 0 Å². The molecule has 0 spiro atoms. The lowest BCUT2D eigenvalue weighted by molar-refractivity contribution is -0.116. The van der Waals surface area contributed by atoms with E-state index in [4.69, 9.17) is 14.7 Å². The predicted octanol–water partition coefficient (Wildman–Crippen LogP) is 0.806. The molecule has 108 valence electrons. The van der Waals surface area contributed by atoms with Gasteiger partial charge >= 0.3 is 0 Å². The lowest BCUT2D eigenvalue weighted by Crippen LogP contribution is -2.19. The fourth-order valence-electron chi connectivity index (χ4n) is 1.67. The third-order valence-corrected chi connectivity index (χ3v) is 2.62. The minimum Gasteiger partial charge on any atom is -0.497 e. The zero-order valence-electron chi connectivity index (χ0n) is 11.5. The molecule has 0 bridgehead atoms. The average molecular weight is 287 g/mol. The van der Waals surface area contributed by atoms with E-state index in [-0.39, 0.29) is 18.3 Å². The summed E-state index contributed by atoms with van der Waals surface area (Å²) in [6.07, 6.45) is 1.32. The summed E-state index contributed by atoms with van der Waals surface area (Å²) < 4.78 is 11.5. The Labute approximate surface area is 120 Å². The number of carbonyl (C=O) groups excluding carboxylic acids is 1. The summed E-state index contributed by atoms with van der Waals surface area (Å²) in [5.41, 5.74) is 0.488. The summed E-state index contributed by atoms with van der Waals surface area (Å²) >= 11 is 0. The summed E-state index contributed by atoms with van der Waals surface area (Å²) in [4.78, 5) is 15.7. The molecule has 8 heteroatoms. The molecule has 0 radical (unpaired) electrons. The molecule has 0 unspecified atom stereocenters. The van der Waals surface area contributed by atoms with Gasteiger partial charge in [-0.3, -0.25) is 4.79 Å². The normalized spacial score (nSPS) is 9.76. The molecule has 0 saturated carbocycles. The molecule has 0 atom stereocenters. The number of ether oxygens (including phenoxy) is 2. The van der Waals surface area contributed by atoms with Crippen molar-refractivity contribution in [2.24, 2.45) is 0 Å². The van der Waals surface area contributed by atoms with Gasteiger partial charge in [-0.2, -0.15) is 5.26 Å². The molecule has 0 aliphatic rings. The minimum atomic E-state index is -0.323. The molecule has 0 fully saturated rings. The van der Waals surface area contributed by atoms with Gasteiger partial charge in [0.2, 0.25) is 5.91 Å². The van der Waals surface area contributed by atoms with E-state index >= 15 is 0 Å². The largest absolute Gasteiger partial charge is 0.497 e. The number of nitriles is 1. The summed E-state index contributed by atoms with van der Waals surface area (Å²) in [6.45, 7) is -0.0605. The summed E-state index contributed by atoms with van der Waals surface area (Å²) in [7, 11) is 3.04. The fraction of sp³-hybridized carbons (Fsp3) is 0.231. The first-order valence-corrected chi connectivity index (χ1v) is 5.97. The van der Waals surface area contributed by atoms with Crippen LogP contribution in [0.5, 0.6) is 11.5 Å². The van der Waals surface area contributed by atoms with Crippen molar-refractivity contribution in [1.29, 1.82) is 5.26 Å². The molecular weight excluding hydrogens is 274 g/mol. The SMILES string of the molecule is COc1ccc(OC)c(NC(=O)Cn2cnc(C#N)n2)c1. The van der Waals surface area contributed by atoms with Crippen molar-refractivity contribution in [3.63, 3.8) is 0 Å². The van der Waals surface area contributed by atoms with Crippen LogP contribution in [0.2, 0.25) is 0 Å². The second kappa shape index (κ2) is 6.38. The lowest BCUT2D eigenvalue weighted by Gasteiger charge is -2.11. The van der Waals surface area contributed by atoms with Crippen molar-refractivity contribution in [3.05, 3.63) is 30.4 Å². The monoisotopic (exact) mass is 287 g/mol. The Morgan fingerprint density at radius 3 is 2.86 bits per heavy atom. The first-order chi connectivity index (χ1) is 10.2. The van der Waals surface area contributed by atoms with Crippen molar-refractivity contribution >= 4 is 11.6 Å². The van der Waals surface area contributed by atoms with Gasteiger partial charge in [-0.1, -0.05) is 0 Å². The Bertz CT molecular complexity index is 689. The highest BCUT2D eigenvalue weighted by Crippen LogP contribution is 2.28. The van der Waals surface area contributed by atoms with Crippen LogP contribution in [-0.4, -0.2) is 34.9 Å². The average Bonchev–Trinajstić information content (AvgIpc) is 2.94. The maximum Gasteiger partial charge on any atom is 0.252 e. The highest BCUT2D eigenvalue weighted by Gasteiger charge is 2.10. The van der Waals surface area contributed by atoms with Gasteiger partial charge in [0.25, 0.3) is 5.82 Å². The molecule has 1 heterocycles. The highest BCUT2D eigenvalue weighted by atomic mass is 16.5. The maximum absolute atomic E-state index is 12.0. The van der Waals surface area contributed by atoms with Gasteiger partial charge in [0.05, 0.1) is 19.9 Å². The third kappa shape index (κ3) is 3.48. The summed E-state index contributed by atoms with van der Waals surface area (Å²) in [5.74, 6) is 0.803. The summed E-state index contributed by atoms with van der Waals surface area (Å²) in [5, 5.41) is 15.1. The quantitative estimate of drug-likeness (QED) is 0.872. The number of hydrogen-bond donors (Lipinski definition) is 1. The van der Waals surface area contributed by atoms with Crippen LogP contribution in [0.25, 0.3) is 0 Å². The van der Waals surface area contributed by atoms with Crippen LogP contribution in [0.3, 0.4) is 0 Å². The molecule has 8 nitrogen and oxygen atoms in total. The topological polar surface area (TPSA) is 102 Å². The van der Waals surface area contributed by atoms with Gasteiger partial charge in [0, 0.05) is 6.07 Å². The van der Waals surface area contributed by atoms with Crippen LogP contribution < -0.4 is 14.8 Å². The first kappa shape index (κ1) is 14.3. The minimum absolute atomic E-state index is 0.0155. The number of nitrogens with one attached hydrogen (secondary N) is 1. The van der Waals surface area contributed by atoms with E-state index in [0.29, 0.717) is 17.2 Å². The van der Waals surface area contributed by atoms with Crippen LogP contribution in [0.15, 0.2) is 24.5 Å². The van der Waals surface area contributed by atoms with Crippen LogP contribution in [-0.2, 0) is 11.3 Å². The number of nitrogens with zero attached hydrogens (tertiary/aromatic N) is 4. The number of carbonyl (C=O) groups is 1. The van der Waals surface area contributed by atoms with Gasteiger partial charge in [0.15, 0.2) is 0 Å². The van der Waals surface area contributed by atoms with E-state index in [0.717, 1.165) is 0 Å². The summed E-state index contributed by atoms with van der Waals surface area (Å²) in [6, 6.07) is 6.86. The van der Waals surface area contributed by atoms with E-state index in [2.05, 4.69) is 15.4 Å². The molecule has 1 N–H and O–H groups in total. The van der Waals surface area contributed by atoms with Gasteiger partial charge in [-0.15, -0.1) is 5.10 Å². The van der Waals surface area contributed by atoms with Gasteiger partial charge in [-0.05, 0) is 12.1 Å². The number of methoxy groups -OCH3 is 2. The molecule has 2 aromatic rings. The highest BCUT2D eigenvalue weighted by molar-refractivity contribution is 5.92. The molecule has 2 rings (SSSR count). The second-order valence-corrected chi connectivity index (χ2v) is 3.99. The standard InChI is InChI=1S/C13H13N5O3/c1-20-9-3-4-11(21-2)10(5-9)16-13(19)7-18-8-15-12(6-14)17-18/h3-5,8H,7H2,1-2H3,(H,16,19). The van der Waals surface area contributed by atoms with Crippen molar-refractivity contribution in [3.8, 4) is 17.6 Å². The number of aromatic nitrogens is 3. The number of hydrogen-bond acceptors (Lipinski definition) is 6. The van der Waals surface area contributed by atoms with E-state index in [1.165, 1.54) is 25.2 Å². The Kier molecular flexibility index (Phi) is 4.36. The van der Waals surface area contributed by atoms with Crippen LogP contribution in [0.4, 0.5) is 5.69 Å². The third-order valence-electron chi connectivity index (χ3n) is 2.62. The van der Waals surface area contributed by atoms with Crippen LogP contribution in [0, 0.1) is 11.3 Å². The molecule has 1 amide bonds. The number of anilines is 1.